The normalized spacial score (nSPS) is 12.9. The summed E-state index contributed by atoms with van der Waals surface area (Å²) in [6.07, 6.45) is 52.4. The fourth-order valence-corrected chi connectivity index (χ4v) is 7.87. The largest absolute Gasteiger partial charge is 0.545 e. The van der Waals surface area contributed by atoms with Gasteiger partial charge in [-0.2, -0.15) is 0 Å². The molecule has 2 unspecified atom stereocenters. The van der Waals surface area contributed by atoms with Crippen LogP contribution in [0, 0.1) is 0 Å². The lowest BCUT2D eigenvalue weighted by Gasteiger charge is -2.26. The topological polar surface area (TPSA) is 111 Å². The Kier molecular flexibility index (Phi) is 46.6. The molecule has 65 heavy (non-hydrogen) atoms. The Hall–Kier alpha value is -2.23. The summed E-state index contributed by atoms with van der Waals surface area (Å²) >= 11 is 0. The molecule has 0 radical (unpaired) electrons. The Bertz CT molecular complexity index is 1120. The van der Waals surface area contributed by atoms with E-state index in [2.05, 4.69) is 38.2 Å². The van der Waals surface area contributed by atoms with Crippen molar-refractivity contribution in [1.29, 1.82) is 0 Å². The van der Waals surface area contributed by atoms with Crippen molar-refractivity contribution < 1.29 is 42.9 Å². The highest BCUT2D eigenvalue weighted by atomic mass is 16.7. The van der Waals surface area contributed by atoms with Gasteiger partial charge in [-0.15, -0.1) is 0 Å². The SMILES string of the molecule is CCCC/C=C\CCCCCCCC(=O)OCC(COC(OCC[N+](C)(C)C)C(=O)[O-])OC(=O)CCCCCCCCCCCCCCCCCCC/C=C\CCCCCCCCCC. The summed E-state index contributed by atoms with van der Waals surface area (Å²) in [7, 11) is 5.92. The third-order valence-electron chi connectivity index (χ3n) is 12.2. The highest BCUT2D eigenvalue weighted by molar-refractivity contribution is 5.70. The second kappa shape index (κ2) is 48.2. The fourth-order valence-electron chi connectivity index (χ4n) is 7.87. The third kappa shape index (κ3) is 49.5. The van der Waals surface area contributed by atoms with Crippen LogP contribution in [-0.4, -0.2) is 82.3 Å². The van der Waals surface area contributed by atoms with E-state index >= 15 is 0 Å². The lowest BCUT2D eigenvalue weighted by Crippen LogP contribution is -2.44. The average molecular weight is 920 g/mol. The number of allylic oxidation sites excluding steroid dienone is 4. The molecule has 0 spiro atoms. The van der Waals surface area contributed by atoms with Crippen molar-refractivity contribution in [2.24, 2.45) is 0 Å². The molecule has 0 aliphatic rings. The zero-order valence-electron chi connectivity index (χ0n) is 43.4. The first kappa shape index (κ1) is 62.8. The molecule has 382 valence electrons. The quantitative estimate of drug-likeness (QED) is 0.0195. The maximum Gasteiger partial charge on any atom is 0.306 e. The fraction of sp³-hybridized carbons (Fsp3) is 0.875. The van der Waals surface area contributed by atoms with Gasteiger partial charge >= 0.3 is 11.9 Å². The van der Waals surface area contributed by atoms with Crippen LogP contribution in [0.3, 0.4) is 0 Å². The Morgan fingerprint density at radius 3 is 1.18 bits per heavy atom. The molecule has 0 fully saturated rings. The van der Waals surface area contributed by atoms with Gasteiger partial charge in [-0.25, -0.2) is 0 Å². The first-order chi connectivity index (χ1) is 31.6. The number of carbonyl (C=O) groups excluding carboxylic acids is 3. The van der Waals surface area contributed by atoms with E-state index in [9.17, 15) is 19.5 Å². The molecule has 0 aromatic carbocycles. The van der Waals surface area contributed by atoms with E-state index in [1.165, 1.54) is 167 Å². The number of ether oxygens (including phenoxy) is 4. The molecule has 0 aliphatic heterocycles. The molecule has 0 amide bonds. The van der Waals surface area contributed by atoms with E-state index in [-0.39, 0.29) is 38.6 Å². The van der Waals surface area contributed by atoms with Gasteiger partial charge in [0.05, 0.1) is 40.3 Å². The zero-order chi connectivity index (χ0) is 47.7. The molecule has 9 heteroatoms. The van der Waals surface area contributed by atoms with Gasteiger partial charge in [0.15, 0.2) is 12.4 Å². The van der Waals surface area contributed by atoms with Crippen LogP contribution in [0.5, 0.6) is 0 Å². The lowest BCUT2D eigenvalue weighted by molar-refractivity contribution is -0.870. The molecule has 2 atom stereocenters. The summed E-state index contributed by atoms with van der Waals surface area (Å²) in [6.45, 7) is 4.72. The maximum absolute atomic E-state index is 12.8. The van der Waals surface area contributed by atoms with Gasteiger partial charge in [-0.1, -0.05) is 212 Å². The van der Waals surface area contributed by atoms with Gasteiger partial charge in [0, 0.05) is 12.8 Å². The van der Waals surface area contributed by atoms with E-state index in [1.54, 1.807) is 0 Å². The summed E-state index contributed by atoms with van der Waals surface area (Å²) in [6, 6.07) is 0. The predicted octanol–water partition coefficient (Wildman–Crippen LogP) is 14.2. The molecule has 0 bridgehead atoms. The second-order valence-corrected chi connectivity index (χ2v) is 19.9. The molecule has 0 aromatic rings. The Morgan fingerprint density at radius 1 is 0.446 bits per heavy atom. The number of esters is 2. The van der Waals surface area contributed by atoms with Crippen molar-refractivity contribution in [2.45, 2.75) is 270 Å². The van der Waals surface area contributed by atoms with Crippen LogP contribution in [0.1, 0.15) is 258 Å². The number of carbonyl (C=O) groups is 3. The standard InChI is InChI=1S/C56H105NO8/c1-6-8-10-12-14-16-18-19-20-21-22-23-24-25-26-27-28-29-30-31-32-33-34-35-37-39-41-43-45-47-54(59)65-52(51-64-56(55(60)61)62-49-48-57(3,4)5)50-63-53(58)46-44-42-40-38-36-17-15-13-11-9-7-2/h13,15,21-22,52,56H,6-12,14,16-20,23-51H2,1-5H3/b15-13-,22-21-. The third-order valence-corrected chi connectivity index (χ3v) is 12.2. The van der Waals surface area contributed by atoms with Crippen molar-refractivity contribution in [2.75, 3.05) is 47.5 Å². The zero-order valence-corrected chi connectivity index (χ0v) is 43.4. The Labute approximate surface area is 401 Å². The Morgan fingerprint density at radius 2 is 0.800 bits per heavy atom. The molecule has 0 N–H and O–H groups in total. The van der Waals surface area contributed by atoms with Crippen LogP contribution in [0.4, 0.5) is 0 Å². The van der Waals surface area contributed by atoms with Gasteiger partial charge in [0.2, 0.25) is 0 Å². The van der Waals surface area contributed by atoms with E-state index < -0.39 is 24.3 Å². The van der Waals surface area contributed by atoms with Crippen molar-refractivity contribution in [3.05, 3.63) is 24.3 Å². The molecular weight excluding hydrogens is 815 g/mol. The molecule has 0 heterocycles. The van der Waals surface area contributed by atoms with Crippen molar-refractivity contribution >= 4 is 17.9 Å². The Balaban J connectivity index is 4.10. The van der Waals surface area contributed by atoms with Gasteiger partial charge in [0.25, 0.3) is 0 Å². The van der Waals surface area contributed by atoms with Crippen molar-refractivity contribution in [3.63, 3.8) is 0 Å². The number of hydrogen-bond acceptors (Lipinski definition) is 8. The number of unbranched alkanes of at least 4 members (excludes halogenated alkanes) is 32. The number of carboxylic acid groups (broad SMARTS) is 1. The van der Waals surface area contributed by atoms with Crippen LogP contribution in [-0.2, 0) is 33.3 Å². The number of nitrogens with zero attached hydrogens (tertiary/aromatic N) is 1. The maximum atomic E-state index is 12.8. The molecule has 0 rings (SSSR count). The smallest absolute Gasteiger partial charge is 0.306 e. The van der Waals surface area contributed by atoms with Gasteiger partial charge in [-0.3, -0.25) is 9.59 Å². The van der Waals surface area contributed by atoms with Crippen LogP contribution >= 0.6 is 0 Å². The number of quaternary nitrogens is 1. The van der Waals surface area contributed by atoms with E-state index in [1.807, 2.05) is 21.1 Å². The summed E-state index contributed by atoms with van der Waals surface area (Å²) in [5.74, 6) is -2.28. The minimum Gasteiger partial charge on any atom is -0.545 e. The average Bonchev–Trinajstić information content (AvgIpc) is 3.27. The minimum atomic E-state index is -1.62. The number of likely N-dealkylation sites (N-methyl/N-ethyl adjacent to an activating group) is 1. The van der Waals surface area contributed by atoms with Crippen molar-refractivity contribution in [3.8, 4) is 0 Å². The summed E-state index contributed by atoms with van der Waals surface area (Å²) in [4.78, 5) is 37.1. The first-order valence-corrected chi connectivity index (χ1v) is 27.5. The summed E-state index contributed by atoms with van der Waals surface area (Å²) < 4.78 is 22.6. The van der Waals surface area contributed by atoms with Crippen LogP contribution < -0.4 is 5.11 Å². The molecule has 9 nitrogen and oxygen atoms in total. The van der Waals surface area contributed by atoms with E-state index in [0.29, 0.717) is 17.4 Å². The van der Waals surface area contributed by atoms with Crippen LogP contribution in [0.2, 0.25) is 0 Å². The summed E-state index contributed by atoms with van der Waals surface area (Å²) in [5, 5.41) is 11.7. The predicted molar refractivity (Wildman–Crippen MR) is 270 cm³/mol. The number of aliphatic carboxylic acids is 1. The van der Waals surface area contributed by atoms with Crippen molar-refractivity contribution in [1.82, 2.24) is 0 Å². The molecule has 0 aromatic heterocycles. The van der Waals surface area contributed by atoms with Gasteiger partial charge in [0.1, 0.15) is 13.2 Å². The van der Waals surface area contributed by atoms with Gasteiger partial charge < -0.3 is 33.3 Å². The monoisotopic (exact) mass is 920 g/mol. The van der Waals surface area contributed by atoms with Crippen LogP contribution in [0.15, 0.2) is 24.3 Å². The first-order valence-electron chi connectivity index (χ1n) is 27.5. The highest BCUT2D eigenvalue weighted by Gasteiger charge is 2.22. The minimum absolute atomic E-state index is 0.148. The van der Waals surface area contributed by atoms with E-state index in [0.717, 1.165) is 57.8 Å². The van der Waals surface area contributed by atoms with E-state index in [4.69, 9.17) is 18.9 Å². The van der Waals surface area contributed by atoms with Gasteiger partial charge in [-0.05, 0) is 57.8 Å². The molecule has 0 saturated heterocycles. The molecule has 0 aliphatic carbocycles. The number of carboxylic acids is 1. The second-order valence-electron chi connectivity index (χ2n) is 19.9. The summed E-state index contributed by atoms with van der Waals surface area (Å²) in [5.41, 5.74) is 0. The number of hydrogen-bond donors (Lipinski definition) is 0. The lowest BCUT2D eigenvalue weighted by atomic mass is 10.0. The highest BCUT2D eigenvalue weighted by Crippen LogP contribution is 2.16. The number of rotatable bonds is 51. The van der Waals surface area contributed by atoms with Crippen LogP contribution in [0.25, 0.3) is 0 Å². The molecular formula is C56H105NO8. The molecule has 0 saturated carbocycles.